The number of aliphatic imine (C=N–C) groups is 1. The third-order valence-corrected chi connectivity index (χ3v) is 3.08. The average Bonchev–Trinajstić information content (AvgIpc) is 2.52. The number of benzene rings is 2. The van der Waals surface area contributed by atoms with E-state index in [9.17, 15) is 4.39 Å². The first kappa shape index (κ1) is 14.7. The van der Waals surface area contributed by atoms with E-state index in [4.69, 9.17) is 5.26 Å². The van der Waals surface area contributed by atoms with E-state index in [0.717, 1.165) is 11.3 Å². The van der Waals surface area contributed by atoms with Gasteiger partial charge in [-0.25, -0.2) is 4.39 Å². The maximum Gasteiger partial charge on any atom is 0.123 e. The summed E-state index contributed by atoms with van der Waals surface area (Å²) in [5.41, 5.74) is 2.74. The summed E-state index contributed by atoms with van der Waals surface area (Å²) in [7, 11) is 1.96. The second-order valence-electron chi connectivity index (χ2n) is 4.66. The highest BCUT2D eigenvalue weighted by Gasteiger charge is 1.99. The van der Waals surface area contributed by atoms with Crippen LogP contribution in [0.2, 0.25) is 0 Å². The Morgan fingerprint density at radius 3 is 2.43 bits per heavy atom. The summed E-state index contributed by atoms with van der Waals surface area (Å²) in [5.74, 6) is -0.265. The number of rotatable bonds is 5. The molecule has 0 aliphatic rings. The van der Waals surface area contributed by atoms with Crippen LogP contribution in [0, 0.1) is 17.1 Å². The predicted molar refractivity (Wildman–Crippen MR) is 83.6 cm³/mol. The summed E-state index contributed by atoms with van der Waals surface area (Å²) in [5, 5.41) is 8.58. The van der Waals surface area contributed by atoms with Crippen LogP contribution in [0.1, 0.15) is 12.0 Å². The van der Waals surface area contributed by atoms with Gasteiger partial charge in [0.2, 0.25) is 0 Å². The van der Waals surface area contributed by atoms with Crippen LogP contribution in [0.4, 0.5) is 15.8 Å². The molecule has 3 nitrogen and oxygen atoms in total. The standard InChI is InChI=1S/C17H16FN3/c1-21(12-2-11-19)17-9-3-14(4-10-17)13-20-16-7-5-15(18)6-8-16/h3-10,13H,2,12H2,1H3. The summed E-state index contributed by atoms with van der Waals surface area (Å²) in [4.78, 5) is 6.33. The van der Waals surface area contributed by atoms with Gasteiger partial charge >= 0.3 is 0 Å². The fraction of sp³-hybridized carbons (Fsp3) is 0.176. The lowest BCUT2D eigenvalue weighted by Crippen LogP contribution is -2.17. The Bertz CT molecular complexity index is 639. The Balaban J connectivity index is 2.02. The second kappa shape index (κ2) is 7.20. The van der Waals surface area contributed by atoms with Crippen LogP contribution >= 0.6 is 0 Å². The van der Waals surface area contributed by atoms with E-state index in [0.29, 0.717) is 18.7 Å². The van der Waals surface area contributed by atoms with Crippen molar-refractivity contribution in [2.24, 2.45) is 4.99 Å². The smallest absolute Gasteiger partial charge is 0.123 e. The molecule has 2 aromatic carbocycles. The molecule has 21 heavy (non-hydrogen) atoms. The molecule has 0 spiro atoms. The van der Waals surface area contributed by atoms with Crippen LogP contribution in [0.25, 0.3) is 0 Å². The number of hydrogen-bond acceptors (Lipinski definition) is 3. The monoisotopic (exact) mass is 281 g/mol. The Labute approximate surface area is 124 Å². The van der Waals surface area contributed by atoms with Gasteiger partial charge in [0.05, 0.1) is 18.2 Å². The molecule has 0 radical (unpaired) electrons. The summed E-state index contributed by atoms with van der Waals surface area (Å²) in [6.07, 6.45) is 2.25. The van der Waals surface area contributed by atoms with Crippen molar-refractivity contribution in [3.8, 4) is 6.07 Å². The number of halogens is 1. The number of nitrogens with zero attached hydrogens (tertiary/aromatic N) is 3. The van der Waals surface area contributed by atoms with Crippen LogP contribution in [0.5, 0.6) is 0 Å². The van der Waals surface area contributed by atoms with Crippen molar-refractivity contribution in [1.82, 2.24) is 0 Å². The van der Waals surface area contributed by atoms with E-state index in [1.54, 1.807) is 18.3 Å². The molecule has 2 aromatic rings. The van der Waals surface area contributed by atoms with Gasteiger partial charge in [0.1, 0.15) is 5.82 Å². The van der Waals surface area contributed by atoms with Gasteiger partial charge in [0, 0.05) is 25.5 Å². The van der Waals surface area contributed by atoms with E-state index in [1.807, 2.05) is 36.2 Å². The minimum absolute atomic E-state index is 0.265. The van der Waals surface area contributed by atoms with Crippen molar-refractivity contribution < 1.29 is 4.39 Å². The van der Waals surface area contributed by atoms with Crippen molar-refractivity contribution in [2.45, 2.75) is 6.42 Å². The van der Waals surface area contributed by atoms with Crippen molar-refractivity contribution in [3.63, 3.8) is 0 Å². The lowest BCUT2D eigenvalue weighted by atomic mass is 10.2. The van der Waals surface area contributed by atoms with Gasteiger partial charge in [-0.3, -0.25) is 4.99 Å². The normalized spacial score (nSPS) is 10.5. The number of anilines is 1. The van der Waals surface area contributed by atoms with Gasteiger partial charge in [-0.2, -0.15) is 5.26 Å². The largest absolute Gasteiger partial charge is 0.374 e. The zero-order valence-electron chi connectivity index (χ0n) is 11.8. The van der Waals surface area contributed by atoms with Crippen LogP contribution in [-0.4, -0.2) is 19.8 Å². The molecule has 2 rings (SSSR count). The van der Waals surface area contributed by atoms with Gasteiger partial charge in [0.25, 0.3) is 0 Å². The van der Waals surface area contributed by atoms with Gasteiger partial charge in [-0.1, -0.05) is 12.1 Å². The van der Waals surface area contributed by atoms with Crippen LogP contribution in [-0.2, 0) is 0 Å². The fourth-order valence-electron chi connectivity index (χ4n) is 1.84. The maximum absolute atomic E-state index is 12.8. The van der Waals surface area contributed by atoms with E-state index >= 15 is 0 Å². The van der Waals surface area contributed by atoms with Gasteiger partial charge in [-0.05, 0) is 42.0 Å². The van der Waals surface area contributed by atoms with Crippen molar-refractivity contribution in [2.75, 3.05) is 18.5 Å². The third-order valence-electron chi connectivity index (χ3n) is 3.08. The first-order valence-electron chi connectivity index (χ1n) is 6.67. The first-order valence-corrected chi connectivity index (χ1v) is 6.67. The van der Waals surface area contributed by atoms with E-state index in [-0.39, 0.29) is 5.82 Å². The topological polar surface area (TPSA) is 39.4 Å². The van der Waals surface area contributed by atoms with Crippen LogP contribution in [0.3, 0.4) is 0 Å². The zero-order valence-corrected chi connectivity index (χ0v) is 11.8. The molecule has 0 amide bonds. The van der Waals surface area contributed by atoms with Gasteiger partial charge in [0.15, 0.2) is 0 Å². The molecule has 0 aliphatic heterocycles. The lowest BCUT2D eigenvalue weighted by molar-refractivity contribution is 0.628. The maximum atomic E-state index is 12.8. The minimum atomic E-state index is -0.265. The Morgan fingerprint density at radius 2 is 1.81 bits per heavy atom. The van der Waals surface area contributed by atoms with Crippen LogP contribution < -0.4 is 4.90 Å². The van der Waals surface area contributed by atoms with Crippen molar-refractivity contribution in [3.05, 3.63) is 59.9 Å². The quantitative estimate of drug-likeness (QED) is 0.779. The molecule has 0 heterocycles. The zero-order chi connectivity index (χ0) is 15.1. The summed E-state index contributed by atoms with van der Waals surface area (Å²) in [6.45, 7) is 0.708. The predicted octanol–water partition coefficient (Wildman–Crippen LogP) is 3.93. The highest BCUT2D eigenvalue weighted by atomic mass is 19.1. The number of hydrogen-bond donors (Lipinski definition) is 0. The molecular formula is C17H16FN3. The average molecular weight is 281 g/mol. The Morgan fingerprint density at radius 1 is 1.14 bits per heavy atom. The molecule has 0 saturated carbocycles. The molecule has 0 unspecified atom stereocenters. The molecule has 0 aliphatic carbocycles. The van der Waals surface area contributed by atoms with Gasteiger partial charge < -0.3 is 4.90 Å². The van der Waals surface area contributed by atoms with Crippen molar-refractivity contribution >= 4 is 17.6 Å². The summed E-state index contributed by atoms with van der Waals surface area (Å²) >= 11 is 0. The Hall–Kier alpha value is -2.67. The van der Waals surface area contributed by atoms with E-state index < -0.39 is 0 Å². The molecule has 0 saturated heterocycles. The molecule has 0 N–H and O–H groups in total. The molecule has 0 bridgehead atoms. The summed E-state index contributed by atoms with van der Waals surface area (Å²) in [6, 6.07) is 16.1. The Kier molecular flexibility index (Phi) is 5.05. The van der Waals surface area contributed by atoms with E-state index in [1.165, 1.54) is 12.1 Å². The molecule has 4 heteroatoms. The van der Waals surface area contributed by atoms with E-state index in [2.05, 4.69) is 11.1 Å². The molecule has 106 valence electrons. The third kappa shape index (κ3) is 4.43. The molecule has 0 fully saturated rings. The molecule has 0 atom stereocenters. The lowest BCUT2D eigenvalue weighted by Gasteiger charge is -2.17. The first-order chi connectivity index (χ1) is 10.2. The second-order valence-corrected chi connectivity index (χ2v) is 4.66. The summed E-state index contributed by atoms with van der Waals surface area (Å²) < 4.78 is 12.8. The van der Waals surface area contributed by atoms with Crippen LogP contribution in [0.15, 0.2) is 53.5 Å². The molecular weight excluding hydrogens is 265 g/mol. The van der Waals surface area contributed by atoms with Gasteiger partial charge in [-0.15, -0.1) is 0 Å². The highest BCUT2D eigenvalue weighted by molar-refractivity contribution is 5.82. The fourth-order valence-corrected chi connectivity index (χ4v) is 1.84. The highest BCUT2D eigenvalue weighted by Crippen LogP contribution is 2.15. The molecule has 0 aromatic heterocycles. The number of nitriles is 1. The SMILES string of the molecule is CN(CCC#N)c1ccc(C=Nc2ccc(F)cc2)cc1. The minimum Gasteiger partial charge on any atom is -0.374 e. The van der Waals surface area contributed by atoms with Crippen molar-refractivity contribution in [1.29, 1.82) is 5.26 Å².